The Balaban J connectivity index is 1.41. The average molecular weight is 367 g/mol. The summed E-state index contributed by atoms with van der Waals surface area (Å²) < 4.78 is 28.0. The number of aryl methyl sites for hydroxylation is 1. The van der Waals surface area contributed by atoms with Crippen LogP contribution < -0.4 is 4.90 Å². The number of piperidine rings is 1. The average Bonchev–Trinajstić information content (AvgIpc) is 3.38. The van der Waals surface area contributed by atoms with E-state index in [-0.39, 0.29) is 17.2 Å². The van der Waals surface area contributed by atoms with Gasteiger partial charge >= 0.3 is 0 Å². The molecule has 0 bridgehead atoms. The van der Waals surface area contributed by atoms with E-state index < -0.39 is 10.0 Å². The lowest BCUT2D eigenvalue weighted by molar-refractivity contribution is -0.125. The molecule has 3 fully saturated rings. The summed E-state index contributed by atoms with van der Waals surface area (Å²) in [6.07, 6.45) is 6.96. The molecule has 1 amide bonds. The molecule has 0 spiro atoms. The molecule has 9 heteroatoms. The van der Waals surface area contributed by atoms with Gasteiger partial charge in [-0.1, -0.05) is 0 Å². The van der Waals surface area contributed by atoms with Crippen LogP contribution in [0.3, 0.4) is 0 Å². The second kappa shape index (κ2) is 6.37. The first-order chi connectivity index (χ1) is 12.0. The minimum absolute atomic E-state index is 0.109. The van der Waals surface area contributed by atoms with Gasteiger partial charge in [-0.05, 0) is 25.7 Å². The van der Waals surface area contributed by atoms with Gasteiger partial charge in [-0.25, -0.2) is 8.42 Å². The first-order valence-electron chi connectivity index (χ1n) is 9.00. The van der Waals surface area contributed by atoms with E-state index in [1.54, 1.807) is 15.2 Å². The van der Waals surface area contributed by atoms with Crippen LogP contribution in [0.25, 0.3) is 0 Å². The topological polar surface area (TPSA) is 78.8 Å². The number of hydrogen-bond donors (Lipinski definition) is 0. The fraction of sp³-hybridized carbons (Fsp3) is 0.750. The van der Waals surface area contributed by atoms with Crippen LogP contribution in [0.2, 0.25) is 0 Å². The summed E-state index contributed by atoms with van der Waals surface area (Å²) in [5.41, 5.74) is 0.840. The molecule has 0 unspecified atom stereocenters. The molecule has 0 radical (unpaired) electrons. The smallest absolute Gasteiger partial charge is 0.244 e. The van der Waals surface area contributed by atoms with E-state index in [0.29, 0.717) is 26.2 Å². The molecule has 1 saturated carbocycles. The maximum atomic E-state index is 12.9. The molecule has 2 aliphatic heterocycles. The number of rotatable bonds is 4. The monoisotopic (exact) mass is 367 g/mol. The van der Waals surface area contributed by atoms with E-state index in [0.717, 1.165) is 37.9 Å². The molecule has 1 aromatic rings. The van der Waals surface area contributed by atoms with Gasteiger partial charge in [0.25, 0.3) is 0 Å². The molecule has 1 atom stereocenters. The van der Waals surface area contributed by atoms with Gasteiger partial charge < -0.3 is 4.90 Å². The summed E-state index contributed by atoms with van der Waals surface area (Å²) >= 11 is 0. The molecule has 2 saturated heterocycles. The quantitative estimate of drug-likeness (QED) is 0.750. The predicted octanol–water partition coefficient (Wildman–Crippen LogP) is 0.0253. The van der Waals surface area contributed by atoms with Gasteiger partial charge in [0.1, 0.15) is 0 Å². The zero-order valence-electron chi connectivity index (χ0n) is 14.5. The van der Waals surface area contributed by atoms with Gasteiger partial charge in [-0.3, -0.25) is 14.4 Å². The molecule has 3 aliphatic rings. The SMILES string of the molecule is Cn1cc(N2CCC[C@H](N3CCN(S(=O)(=O)C4CC4)CC3)C2=O)cn1. The highest BCUT2D eigenvalue weighted by Gasteiger charge is 2.42. The Labute approximate surface area is 148 Å². The normalized spacial score (nSPS) is 27.0. The zero-order valence-corrected chi connectivity index (χ0v) is 15.4. The van der Waals surface area contributed by atoms with Crippen molar-refractivity contribution in [1.29, 1.82) is 0 Å². The molecular formula is C16H25N5O3S. The van der Waals surface area contributed by atoms with Crippen molar-refractivity contribution in [1.82, 2.24) is 19.0 Å². The molecule has 1 aliphatic carbocycles. The highest BCUT2D eigenvalue weighted by Crippen LogP contribution is 2.32. The van der Waals surface area contributed by atoms with E-state index in [1.807, 2.05) is 18.1 Å². The number of amides is 1. The lowest BCUT2D eigenvalue weighted by Gasteiger charge is -2.41. The largest absolute Gasteiger partial charge is 0.308 e. The van der Waals surface area contributed by atoms with Crippen molar-refractivity contribution in [3.05, 3.63) is 12.4 Å². The number of aromatic nitrogens is 2. The Morgan fingerprint density at radius 3 is 2.40 bits per heavy atom. The summed E-state index contributed by atoms with van der Waals surface area (Å²) in [4.78, 5) is 16.9. The molecule has 8 nitrogen and oxygen atoms in total. The van der Waals surface area contributed by atoms with Crippen molar-refractivity contribution in [3.63, 3.8) is 0 Å². The number of sulfonamides is 1. The lowest BCUT2D eigenvalue weighted by atomic mass is 10.0. The maximum absolute atomic E-state index is 12.9. The van der Waals surface area contributed by atoms with Gasteiger partial charge in [0.15, 0.2) is 0 Å². The Kier molecular flexibility index (Phi) is 4.33. The van der Waals surface area contributed by atoms with Gasteiger partial charge in [-0.15, -0.1) is 0 Å². The number of anilines is 1. The predicted molar refractivity (Wildman–Crippen MR) is 93.7 cm³/mol. The van der Waals surface area contributed by atoms with Crippen molar-refractivity contribution >= 4 is 21.6 Å². The Bertz CT molecular complexity index is 750. The zero-order chi connectivity index (χ0) is 17.6. The molecule has 25 heavy (non-hydrogen) atoms. The minimum Gasteiger partial charge on any atom is -0.308 e. The van der Waals surface area contributed by atoms with Gasteiger partial charge in [0.2, 0.25) is 15.9 Å². The first kappa shape index (κ1) is 17.0. The fourth-order valence-corrected chi connectivity index (χ4v) is 5.67. The maximum Gasteiger partial charge on any atom is 0.244 e. The fourth-order valence-electron chi connectivity index (χ4n) is 3.85. The number of carbonyl (C=O) groups excluding carboxylic acids is 1. The van der Waals surface area contributed by atoms with Crippen LogP contribution in [0, 0.1) is 0 Å². The number of carbonyl (C=O) groups is 1. The second-order valence-electron chi connectivity index (χ2n) is 7.20. The summed E-state index contributed by atoms with van der Waals surface area (Å²) in [5.74, 6) is 0.109. The summed E-state index contributed by atoms with van der Waals surface area (Å²) in [5, 5.41) is 4.00. The third-order valence-electron chi connectivity index (χ3n) is 5.43. The highest BCUT2D eigenvalue weighted by molar-refractivity contribution is 7.90. The number of hydrogen-bond acceptors (Lipinski definition) is 5. The molecule has 138 valence electrons. The van der Waals surface area contributed by atoms with E-state index >= 15 is 0 Å². The van der Waals surface area contributed by atoms with Crippen molar-refractivity contribution < 1.29 is 13.2 Å². The Morgan fingerprint density at radius 2 is 1.80 bits per heavy atom. The van der Waals surface area contributed by atoms with E-state index in [2.05, 4.69) is 10.00 Å². The van der Waals surface area contributed by atoms with Crippen molar-refractivity contribution in [2.45, 2.75) is 37.0 Å². The van der Waals surface area contributed by atoms with Crippen molar-refractivity contribution in [2.75, 3.05) is 37.6 Å². The van der Waals surface area contributed by atoms with E-state index in [9.17, 15) is 13.2 Å². The molecule has 1 aromatic heterocycles. The lowest BCUT2D eigenvalue weighted by Crippen LogP contribution is -2.58. The third-order valence-corrected chi connectivity index (χ3v) is 7.83. The second-order valence-corrected chi connectivity index (χ2v) is 9.41. The first-order valence-corrected chi connectivity index (χ1v) is 10.5. The number of piperazine rings is 1. The van der Waals surface area contributed by atoms with Crippen LogP contribution in [-0.2, 0) is 21.9 Å². The van der Waals surface area contributed by atoms with E-state index in [1.165, 1.54) is 0 Å². The number of nitrogens with zero attached hydrogens (tertiary/aromatic N) is 5. The van der Waals surface area contributed by atoms with Crippen LogP contribution in [0.15, 0.2) is 12.4 Å². The van der Waals surface area contributed by atoms with Crippen LogP contribution in [0.4, 0.5) is 5.69 Å². The molecule has 4 rings (SSSR count). The molecule has 0 N–H and O–H groups in total. The van der Waals surface area contributed by atoms with Crippen LogP contribution in [0.5, 0.6) is 0 Å². The van der Waals surface area contributed by atoms with E-state index in [4.69, 9.17) is 0 Å². The van der Waals surface area contributed by atoms with Gasteiger partial charge in [-0.2, -0.15) is 9.40 Å². The molecule has 0 aromatic carbocycles. The standard InChI is InChI=1S/C16H25N5O3S/c1-18-12-13(11-17-18)21-6-2-3-15(16(21)22)19-7-9-20(10-8-19)25(23,24)14-4-5-14/h11-12,14-15H,2-10H2,1H3/t15-/m0/s1. The van der Waals surface area contributed by atoms with Crippen LogP contribution in [-0.4, -0.2) is 77.3 Å². The molecule has 3 heterocycles. The summed E-state index contributed by atoms with van der Waals surface area (Å²) in [7, 11) is -1.27. The van der Waals surface area contributed by atoms with Crippen LogP contribution >= 0.6 is 0 Å². The van der Waals surface area contributed by atoms with Gasteiger partial charge in [0.05, 0.1) is 23.2 Å². The third kappa shape index (κ3) is 3.20. The Hall–Kier alpha value is -1.45. The minimum atomic E-state index is -3.11. The highest BCUT2D eigenvalue weighted by atomic mass is 32.2. The van der Waals surface area contributed by atoms with Crippen molar-refractivity contribution in [2.24, 2.45) is 7.05 Å². The van der Waals surface area contributed by atoms with Crippen LogP contribution in [0.1, 0.15) is 25.7 Å². The van der Waals surface area contributed by atoms with Crippen molar-refractivity contribution in [3.8, 4) is 0 Å². The molecular weight excluding hydrogens is 342 g/mol. The summed E-state index contributed by atoms with van der Waals surface area (Å²) in [6, 6.07) is -0.153. The van der Waals surface area contributed by atoms with Gasteiger partial charge in [0, 0.05) is 46.0 Å². The summed E-state index contributed by atoms with van der Waals surface area (Å²) in [6.45, 7) is 2.97. The Morgan fingerprint density at radius 1 is 1.08 bits per heavy atom.